The van der Waals surface area contributed by atoms with E-state index < -0.39 is 47.1 Å². The van der Waals surface area contributed by atoms with E-state index in [1.165, 1.54) is 0 Å². The highest BCUT2D eigenvalue weighted by atomic mass is 19.4. The lowest BCUT2D eigenvalue weighted by atomic mass is 10.1. The molecule has 0 atom stereocenters. The molecule has 12 heteroatoms. The fourth-order valence-electron chi connectivity index (χ4n) is 1.94. The van der Waals surface area contributed by atoms with E-state index in [0.29, 0.717) is 6.07 Å². The maximum atomic E-state index is 12.5. The lowest BCUT2D eigenvalue weighted by Crippen LogP contribution is -2.44. The van der Waals surface area contributed by atoms with Crippen molar-refractivity contribution in [1.82, 2.24) is 0 Å². The molecule has 0 unspecified atom stereocenters. The topological polar surface area (TPSA) is 96.6 Å². The normalized spacial score (nSPS) is 12.4. The fourth-order valence-corrected chi connectivity index (χ4v) is 1.94. The Balaban J connectivity index is 2.41. The number of carboxylic acid groups (broad SMARTS) is 1. The van der Waals surface area contributed by atoms with Crippen molar-refractivity contribution in [2.75, 3.05) is 0 Å². The fraction of sp³-hybridized carbons (Fsp3) is 0.214. The second kappa shape index (κ2) is 6.35. The van der Waals surface area contributed by atoms with Crippen LogP contribution in [0.1, 0.15) is 10.4 Å². The average Bonchev–Trinajstić information content (AvgIpc) is 2.43. The van der Waals surface area contributed by atoms with Crippen molar-refractivity contribution < 1.29 is 50.2 Å². The summed E-state index contributed by atoms with van der Waals surface area (Å²) in [4.78, 5) is 33.4. The van der Waals surface area contributed by atoms with Gasteiger partial charge in [0, 0.05) is 5.39 Å². The van der Waals surface area contributed by atoms with Crippen LogP contribution >= 0.6 is 0 Å². The van der Waals surface area contributed by atoms with Crippen LogP contribution in [0.2, 0.25) is 0 Å². The minimum absolute atomic E-state index is 0.232. The van der Waals surface area contributed by atoms with Crippen LogP contribution in [0.15, 0.2) is 33.5 Å². The molecule has 0 aliphatic carbocycles. The summed E-state index contributed by atoms with van der Waals surface area (Å²) in [6.45, 7) is 0. The third-order valence-corrected chi connectivity index (χ3v) is 3.03. The van der Waals surface area contributed by atoms with Crippen LogP contribution in [-0.4, -0.2) is 24.3 Å². The number of carbonyl (C=O) groups is 2. The van der Waals surface area contributed by atoms with Gasteiger partial charge in [-0.15, -0.1) is 0 Å². The summed E-state index contributed by atoms with van der Waals surface area (Å²) >= 11 is 0. The molecule has 0 radical (unpaired) electrons. The van der Waals surface area contributed by atoms with Gasteiger partial charge in [-0.3, -0.25) is 4.79 Å². The molecule has 0 fully saturated rings. The van der Waals surface area contributed by atoms with E-state index in [-0.39, 0.29) is 11.0 Å². The standard InChI is InChI=1S/C14H6F6O6/c15-13(16,17)9(14(18,19)20)12(24)25-6-1-2-8-5(3-6)4-7(10(21)22)11(23)26-8/h1-4,9H,(H,21,22)/p-1. The van der Waals surface area contributed by atoms with Gasteiger partial charge in [-0.2, -0.15) is 26.3 Å². The number of fused-ring (bicyclic) bond motifs is 1. The van der Waals surface area contributed by atoms with Gasteiger partial charge in [-0.25, -0.2) is 4.79 Å². The largest absolute Gasteiger partial charge is 0.545 e. The SMILES string of the molecule is O=C([O-])c1cc2cc(OC(=O)C(C(F)(F)F)C(F)(F)F)ccc2oc1=O. The Morgan fingerprint density at radius 3 is 2.12 bits per heavy atom. The molecule has 0 spiro atoms. The van der Waals surface area contributed by atoms with Crippen LogP contribution in [0.3, 0.4) is 0 Å². The molecule has 2 rings (SSSR count). The van der Waals surface area contributed by atoms with Crippen molar-refractivity contribution in [3.05, 3.63) is 40.2 Å². The molecule has 1 aromatic carbocycles. The highest BCUT2D eigenvalue weighted by Gasteiger charge is 2.62. The molecule has 0 aliphatic rings. The highest BCUT2D eigenvalue weighted by molar-refractivity contribution is 5.90. The molecule has 0 saturated heterocycles. The Morgan fingerprint density at radius 2 is 1.62 bits per heavy atom. The van der Waals surface area contributed by atoms with Gasteiger partial charge < -0.3 is 19.1 Å². The zero-order valence-corrected chi connectivity index (χ0v) is 12.1. The third-order valence-electron chi connectivity index (χ3n) is 3.03. The lowest BCUT2D eigenvalue weighted by molar-refractivity contribution is -0.279. The van der Waals surface area contributed by atoms with Crippen molar-refractivity contribution in [3.63, 3.8) is 0 Å². The molecule has 6 nitrogen and oxygen atoms in total. The number of carboxylic acids is 1. The molecular weight excluding hydrogens is 378 g/mol. The zero-order valence-electron chi connectivity index (χ0n) is 12.1. The Hall–Kier alpha value is -3.05. The number of ether oxygens (including phenoxy) is 1. The first kappa shape index (κ1) is 19.3. The van der Waals surface area contributed by atoms with E-state index in [1.54, 1.807) is 0 Å². The number of halogens is 6. The van der Waals surface area contributed by atoms with Gasteiger partial charge in [0.15, 0.2) is 0 Å². The monoisotopic (exact) mass is 383 g/mol. The Labute approximate surface area is 138 Å². The summed E-state index contributed by atoms with van der Waals surface area (Å²) in [7, 11) is 0. The van der Waals surface area contributed by atoms with E-state index in [9.17, 15) is 45.8 Å². The Bertz CT molecular complexity index is 912. The van der Waals surface area contributed by atoms with Gasteiger partial charge in [0.25, 0.3) is 0 Å². The predicted octanol–water partition coefficient (Wildman–Crippen LogP) is 1.80. The molecule has 0 N–H and O–H groups in total. The van der Waals surface area contributed by atoms with Crippen molar-refractivity contribution in [2.24, 2.45) is 5.92 Å². The minimum atomic E-state index is -5.93. The molecular formula is C14H5F6O6-. The number of rotatable bonds is 3. The molecule has 0 aliphatic heterocycles. The van der Waals surface area contributed by atoms with Crippen LogP contribution in [0.25, 0.3) is 11.0 Å². The van der Waals surface area contributed by atoms with Crippen LogP contribution < -0.4 is 15.5 Å². The van der Waals surface area contributed by atoms with Crippen LogP contribution in [0, 0.1) is 5.92 Å². The molecule has 1 aromatic heterocycles. The maximum Gasteiger partial charge on any atom is 0.411 e. The van der Waals surface area contributed by atoms with Crippen LogP contribution in [0.5, 0.6) is 5.75 Å². The molecule has 0 amide bonds. The number of carbonyl (C=O) groups excluding carboxylic acids is 2. The molecule has 2 aromatic rings. The smallest absolute Gasteiger partial charge is 0.411 e. The first-order valence-electron chi connectivity index (χ1n) is 6.45. The van der Waals surface area contributed by atoms with Crippen LogP contribution in [0.4, 0.5) is 26.3 Å². The summed E-state index contributed by atoms with van der Waals surface area (Å²) < 4.78 is 83.5. The number of hydrogen-bond acceptors (Lipinski definition) is 6. The van der Waals surface area contributed by atoms with Gasteiger partial charge >= 0.3 is 23.9 Å². The Morgan fingerprint density at radius 1 is 1.04 bits per heavy atom. The maximum absolute atomic E-state index is 12.5. The van der Waals surface area contributed by atoms with E-state index >= 15 is 0 Å². The van der Waals surface area contributed by atoms with Crippen molar-refractivity contribution in [1.29, 1.82) is 0 Å². The predicted molar refractivity (Wildman–Crippen MR) is 68.0 cm³/mol. The first-order chi connectivity index (χ1) is 11.8. The van der Waals surface area contributed by atoms with E-state index in [1.807, 2.05) is 0 Å². The summed E-state index contributed by atoms with van der Waals surface area (Å²) in [5.41, 5.74) is -2.47. The van der Waals surface area contributed by atoms with Crippen molar-refractivity contribution in [3.8, 4) is 5.75 Å². The third kappa shape index (κ3) is 3.95. The van der Waals surface area contributed by atoms with E-state index in [0.717, 1.165) is 18.2 Å². The number of aromatic carboxylic acids is 1. The highest BCUT2D eigenvalue weighted by Crippen LogP contribution is 2.40. The van der Waals surface area contributed by atoms with E-state index in [4.69, 9.17) is 0 Å². The van der Waals surface area contributed by atoms with Gasteiger partial charge in [-0.05, 0) is 24.3 Å². The number of alkyl halides is 6. The quantitative estimate of drug-likeness (QED) is 0.347. The molecule has 1 heterocycles. The summed E-state index contributed by atoms with van der Waals surface area (Å²) in [6.07, 6.45) is -11.9. The van der Waals surface area contributed by atoms with Gasteiger partial charge in [0.05, 0.1) is 11.5 Å². The lowest BCUT2D eigenvalue weighted by Gasteiger charge is -2.21. The summed E-state index contributed by atoms with van der Waals surface area (Å²) in [5, 5.41) is 10.5. The zero-order chi connectivity index (χ0) is 19.9. The number of hydrogen-bond donors (Lipinski definition) is 0. The van der Waals surface area contributed by atoms with Gasteiger partial charge in [-0.1, -0.05) is 0 Å². The second-order valence-electron chi connectivity index (χ2n) is 4.87. The minimum Gasteiger partial charge on any atom is -0.545 e. The van der Waals surface area contributed by atoms with Crippen molar-refractivity contribution in [2.45, 2.75) is 12.4 Å². The summed E-state index contributed by atoms with van der Waals surface area (Å²) in [5.74, 6) is -9.66. The van der Waals surface area contributed by atoms with Crippen molar-refractivity contribution >= 4 is 22.9 Å². The summed E-state index contributed by atoms with van der Waals surface area (Å²) in [6, 6.07) is 3.10. The van der Waals surface area contributed by atoms with Gasteiger partial charge in [0.1, 0.15) is 11.3 Å². The second-order valence-corrected chi connectivity index (χ2v) is 4.87. The average molecular weight is 383 g/mol. The van der Waals surface area contributed by atoms with Gasteiger partial charge in [0.2, 0.25) is 5.92 Å². The molecule has 26 heavy (non-hydrogen) atoms. The first-order valence-corrected chi connectivity index (χ1v) is 6.45. The van der Waals surface area contributed by atoms with E-state index in [2.05, 4.69) is 9.15 Å². The molecule has 140 valence electrons. The number of benzene rings is 1. The number of esters is 1. The Kier molecular flexibility index (Phi) is 4.71. The van der Waals surface area contributed by atoms with Crippen LogP contribution in [-0.2, 0) is 4.79 Å². The molecule has 0 bridgehead atoms. The molecule has 0 saturated carbocycles.